The highest BCUT2D eigenvalue weighted by atomic mass is 19.1. The molecule has 6 nitrogen and oxygen atoms in total. The Labute approximate surface area is 210 Å². The smallest absolute Gasteiger partial charge is 0.207 e. The van der Waals surface area contributed by atoms with E-state index in [0.29, 0.717) is 11.8 Å². The van der Waals surface area contributed by atoms with Gasteiger partial charge in [-0.2, -0.15) is 0 Å². The molecular formula is C29H32FN3O3. The summed E-state index contributed by atoms with van der Waals surface area (Å²) in [5, 5.41) is 22.5. The molecule has 7 heteroatoms. The van der Waals surface area contributed by atoms with Crippen molar-refractivity contribution in [3.05, 3.63) is 77.4 Å². The second-order valence-electron chi connectivity index (χ2n) is 9.55. The summed E-state index contributed by atoms with van der Waals surface area (Å²) in [5.74, 6) is 0.954. The molecule has 36 heavy (non-hydrogen) atoms. The second-order valence-corrected chi connectivity index (χ2v) is 9.55. The summed E-state index contributed by atoms with van der Waals surface area (Å²) in [4.78, 5) is 17.9. The molecule has 4 aromatic rings. The van der Waals surface area contributed by atoms with Gasteiger partial charge in [0.25, 0.3) is 0 Å². The van der Waals surface area contributed by atoms with Crippen LogP contribution in [0.5, 0.6) is 11.5 Å². The lowest BCUT2D eigenvalue weighted by Crippen LogP contribution is -2.25. The molecular weight excluding hydrogens is 457 g/mol. The highest BCUT2D eigenvalue weighted by Crippen LogP contribution is 2.38. The summed E-state index contributed by atoms with van der Waals surface area (Å²) in [6.07, 6.45) is 6.96. The number of amides is 1. The fourth-order valence-electron chi connectivity index (χ4n) is 5.16. The number of H-pyrrole nitrogens is 1. The number of aryl methyl sites for hydroxylation is 2. The Bertz CT molecular complexity index is 1320. The number of nitrogens with zero attached hydrogens (tertiary/aromatic N) is 1. The fraction of sp³-hybridized carbons (Fsp3) is 0.310. The number of pyridine rings is 1. The first-order valence-electron chi connectivity index (χ1n) is 12.2. The van der Waals surface area contributed by atoms with Crippen LogP contribution in [-0.4, -0.2) is 33.1 Å². The first-order valence-corrected chi connectivity index (χ1v) is 12.2. The third kappa shape index (κ3) is 6.03. The highest BCUT2D eigenvalue weighted by Gasteiger charge is 2.23. The monoisotopic (exact) mass is 489 g/mol. The van der Waals surface area contributed by atoms with Crippen molar-refractivity contribution in [1.29, 1.82) is 0 Å². The number of aromatic amines is 1. The van der Waals surface area contributed by atoms with Crippen molar-refractivity contribution in [3.63, 3.8) is 0 Å². The number of aromatic hydroxyl groups is 2. The van der Waals surface area contributed by atoms with Gasteiger partial charge >= 0.3 is 0 Å². The molecule has 1 fully saturated rings. The van der Waals surface area contributed by atoms with Crippen molar-refractivity contribution < 1.29 is 19.4 Å². The molecule has 1 amide bonds. The van der Waals surface area contributed by atoms with Crippen LogP contribution >= 0.6 is 0 Å². The number of hydrogen-bond donors (Lipinski definition) is 4. The minimum absolute atomic E-state index is 0.0663. The Hall–Kier alpha value is -3.87. The van der Waals surface area contributed by atoms with Crippen molar-refractivity contribution in [2.45, 2.75) is 45.4 Å². The highest BCUT2D eigenvalue weighted by molar-refractivity contribution is 5.82. The summed E-state index contributed by atoms with van der Waals surface area (Å²) < 4.78 is 13.5. The molecule has 5 rings (SSSR count). The minimum Gasteiger partial charge on any atom is -0.508 e. The van der Waals surface area contributed by atoms with Crippen molar-refractivity contribution >= 4 is 17.3 Å². The molecule has 2 aromatic heterocycles. The van der Waals surface area contributed by atoms with Crippen LogP contribution in [0.2, 0.25) is 0 Å². The molecule has 2 aromatic carbocycles. The molecule has 0 atom stereocenters. The molecule has 1 aliphatic rings. The number of benzene rings is 2. The normalized spacial score (nSPS) is 17.3. The van der Waals surface area contributed by atoms with E-state index in [1.807, 2.05) is 32.2 Å². The maximum Gasteiger partial charge on any atom is 0.207 e. The van der Waals surface area contributed by atoms with Crippen molar-refractivity contribution in [3.8, 4) is 22.8 Å². The number of aromatic nitrogens is 2. The summed E-state index contributed by atoms with van der Waals surface area (Å²) in [6.45, 7) is 4.72. The molecule has 188 valence electrons. The van der Waals surface area contributed by atoms with Gasteiger partial charge in [-0.05, 0) is 105 Å². The summed E-state index contributed by atoms with van der Waals surface area (Å²) in [7, 11) is 0. The predicted octanol–water partition coefficient (Wildman–Crippen LogP) is 6.10. The molecule has 4 N–H and O–H groups in total. The summed E-state index contributed by atoms with van der Waals surface area (Å²) in [5.41, 5.74) is 5.94. The van der Waals surface area contributed by atoms with Gasteiger partial charge in [-0.1, -0.05) is 0 Å². The largest absolute Gasteiger partial charge is 0.508 e. The van der Waals surface area contributed by atoms with E-state index in [1.54, 1.807) is 24.3 Å². The molecule has 1 aliphatic carbocycles. The van der Waals surface area contributed by atoms with E-state index in [0.717, 1.165) is 72.1 Å². The Morgan fingerprint density at radius 3 is 2.39 bits per heavy atom. The van der Waals surface area contributed by atoms with Gasteiger partial charge in [0, 0.05) is 41.1 Å². The van der Waals surface area contributed by atoms with Crippen LogP contribution in [0.25, 0.3) is 22.2 Å². The van der Waals surface area contributed by atoms with Gasteiger partial charge in [-0.3, -0.25) is 9.78 Å². The fourth-order valence-corrected chi connectivity index (χ4v) is 5.16. The lowest BCUT2D eigenvalue weighted by molar-refractivity contribution is -0.109. The number of hydrogen-bond acceptors (Lipinski definition) is 4. The number of halogens is 1. The first-order chi connectivity index (χ1) is 17.3. The van der Waals surface area contributed by atoms with Gasteiger partial charge in [0.1, 0.15) is 17.3 Å². The van der Waals surface area contributed by atoms with Crippen molar-refractivity contribution in [2.75, 3.05) is 6.54 Å². The SMILES string of the molecule is Cc1cc(C)c(-c2cc(O)cc(O)c2)[nH]1.O=CNCC1CCC(c2ccnc3ccc(F)cc23)CC1. The quantitative estimate of drug-likeness (QED) is 0.255. The summed E-state index contributed by atoms with van der Waals surface area (Å²) in [6, 6.07) is 13.4. The second kappa shape index (κ2) is 11.2. The van der Waals surface area contributed by atoms with Crippen LogP contribution in [0.4, 0.5) is 4.39 Å². The van der Waals surface area contributed by atoms with Gasteiger partial charge in [-0.15, -0.1) is 0 Å². The average Bonchev–Trinajstić information content (AvgIpc) is 3.20. The molecule has 0 radical (unpaired) electrons. The molecule has 0 spiro atoms. The number of fused-ring (bicyclic) bond motifs is 1. The zero-order valence-corrected chi connectivity index (χ0v) is 20.6. The molecule has 0 aliphatic heterocycles. The van der Waals surface area contributed by atoms with Crippen molar-refractivity contribution in [2.24, 2.45) is 5.92 Å². The van der Waals surface area contributed by atoms with Crippen LogP contribution in [0.1, 0.15) is 48.4 Å². The Balaban J connectivity index is 0.000000179. The van der Waals surface area contributed by atoms with Crippen LogP contribution in [0.3, 0.4) is 0 Å². The molecule has 2 heterocycles. The van der Waals surface area contributed by atoms with Gasteiger partial charge < -0.3 is 20.5 Å². The number of rotatable bonds is 5. The first kappa shape index (κ1) is 25.2. The zero-order chi connectivity index (χ0) is 25.7. The topological polar surface area (TPSA) is 98.2 Å². The van der Waals surface area contributed by atoms with E-state index >= 15 is 0 Å². The van der Waals surface area contributed by atoms with Crippen LogP contribution in [0, 0.1) is 25.6 Å². The Kier molecular flexibility index (Phi) is 7.88. The predicted molar refractivity (Wildman–Crippen MR) is 139 cm³/mol. The zero-order valence-electron chi connectivity index (χ0n) is 20.6. The summed E-state index contributed by atoms with van der Waals surface area (Å²) >= 11 is 0. The van der Waals surface area contributed by atoms with E-state index in [9.17, 15) is 19.4 Å². The number of nitrogens with one attached hydrogen (secondary N) is 2. The third-order valence-corrected chi connectivity index (χ3v) is 6.85. The van der Waals surface area contributed by atoms with Gasteiger partial charge in [0.15, 0.2) is 0 Å². The van der Waals surface area contributed by atoms with E-state index in [1.165, 1.54) is 17.7 Å². The molecule has 0 bridgehead atoms. The van der Waals surface area contributed by atoms with E-state index in [-0.39, 0.29) is 17.3 Å². The van der Waals surface area contributed by atoms with Crippen LogP contribution < -0.4 is 5.32 Å². The average molecular weight is 490 g/mol. The Morgan fingerprint density at radius 2 is 1.75 bits per heavy atom. The van der Waals surface area contributed by atoms with E-state index in [2.05, 4.69) is 15.3 Å². The van der Waals surface area contributed by atoms with Crippen molar-refractivity contribution in [1.82, 2.24) is 15.3 Å². The minimum atomic E-state index is -0.208. The maximum atomic E-state index is 13.5. The number of carbonyl (C=O) groups excluding carboxylic acids is 1. The standard InChI is InChI=1S/C17H19FN2O.C12H13NO2/c18-14-5-6-17-16(9-14)15(7-8-20-17)13-3-1-12(2-4-13)10-19-11-21;1-7-3-8(2)13-12(7)9-4-10(14)6-11(15)5-9/h5-9,11-13H,1-4,10H2,(H,19,21);3-6,13-15H,1-2H3. The lowest BCUT2D eigenvalue weighted by atomic mass is 9.78. The number of phenols is 2. The third-order valence-electron chi connectivity index (χ3n) is 6.85. The van der Waals surface area contributed by atoms with E-state index < -0.39 is 0 Å². The lowest BCUT2D eigenvalue weighted by Gasteiger charge is -2.29. The number of phenolic OH excluding ortho intramolecular Hbond substituents is 2. The van der Waals surface area contributed by atoms with Gasteiger partial charge in [0.2, 0.25) is 6.41 Å². The Morgan fingerprint density at radius 1 is 1.03 bits per heavy atom. The van der Waals surface area contributed by atoms with Crippen LogP contribution in [-0.2, 0) is 4.79 Å². The molecule has 1 saturated carbocycles. The van der Waals surface area contributed by atoms with Gasteiger partial charge in [0.05, 0.1) is 5.52 Å². The van der Waals surface area contributed by atoms with Gasteiger partial charge in [-0.25, -0.2) is 4.39 Å². The molecule has 0 unspecified atom stereocenters. The maximum absolute atomic E-state index is 13.5. The van der Waals surface area contributed by atoms with E-state index in [4.69, 9.17) is 0 Å². The molecule has 0 saturated heterocycles. The van der Waals surface area contributed by atoms with Crippen LogP contribution in [0.15, 0.2) is 54.7 Å². The number of carbonyl (C=O) groups is 1.